The van der Waals surface area contributed by atoms with Gasteiger partial charge < -0.3 is 18.9 Å². The number of allylic oxidation sites excluding steroid dienone is 1. The summed E-state index contributed by atoms with van der Waals surface area (Å²) >= 11 is 11.9. The van der Waals surface area contributed by atoms with Crippen molar-refractivity contribution in [2.24, 2.45) is 4.99 Å². The average Bonchev–Trinajstić information content (AvgIpc) is 3.19. The SMILES string of the molecule is CCOC(=O)C1=C(C)N=c2s/c(=C\c3cc(Br)cc(Br)c3OCC)c(=O)n2[C@@H]1c1cc(OC)c(OC)cc1Br. The minimum atomic E-state index is -0.822. The lowest BCUT2D eigenvalue weighted by molar-refractivity contribution is -0.139. The van der Waals surface area contributed by atoms with Crippen LogP contribution < -0.4 is 29.1 Å². The number of fused-ring (bicyclic) bond motifs is 1. The van der Waals surface area contributed by atoms with Gasteiger partial charge in [-0.1, -0.05) is 43.2 Å². The fourth-order valence-electron chi connectivity index (χ4n) is 4.29. The van der Waals surface area contributed by atoms with Crippen LogP contribution in [0.2, 0.25) is 0 Å². The molecule has 1 aromatic heterocycles. The van der Waals surface area contributed by atoms with E-state index in [4.69, 9.17) is 18.9 Å². The first kappa shape index (κ1) is 29.6. The molecule has 0 saturated heterocycles. The van der Waals surface area contributed by atoms with Crippen LogP contribution in [0.15, 0.2) is 58.7 Å². The van der Waals surface area contributed by atoms with Crippen molar-refractivity contribution in [1.82, 2.24) is 4.57 Å². The van der Waals surface area contributed by atoms with E-state index in [-0.39, 0.29) is 17.7 Å². The minimum Gasteiger partial charge on any atom is -0.493 e. The highest BCUT2D eigenvalue weighted by Gasteiger charge is 2.35. The van der Waals surface area contributed by atoms with E-state index in [0.717, 1.165) is 8.95 Å². The van der Waals surface area contributed by atoms with Crippen LogP contribution in [0, 0.1) is 0 Å². The third-order valence-corrected chi connectivity index (χ3v) is 8.64. The zero-order valence-electron chi connectivity index (χ0n) is 21.8. The van der Waals surface area contributed by atoms with Gasteiger partial charge in [-0.05, 0) is 72.6 Å². The number of aromatic nitrogens is 1. The molecule has 8 nitrogen and oxygen atoms in total. The quantitative estimate of drug-likeness (QED) is 0.283. The molecular weight excluding hydrogens is 720 g/mol. The molecule has 3 aromatic rings. The topological polar surface area (TPSA) is 88.4 Å². The van der Waals surface area contributed by atoms with Crippen molar-refractivity contribution in [2.45, 2.75) is 26.8 Å². The van der Waals surface area contributed by atoms with E-state index in [1.165, 1.54) is 30.1 Å². The second-order valence-corrected chi connectivity index (χ2v) is 11.9. The van der Waals surface area contributed by atoms with Gasteiger partial charge in [0.1, 0.15) is 5.75 Å². The Morgan fingerprint density at radius 3 is 2.38 bits per heavy atom. The first-order valence-electron chi connectivity index (χ1n) is 11.9. The first-order chi connectivity index (χ1) is 18.6. The first-order valence-corrected chi connectivity index (χ1v) is 15.1. The molecule has 1 aliphatic heterocycles. The monoisotopic (exact) mass is 742 g/mol. The second kappa shape index (κ2) is 12.4. The van der Waals surface area contributed by atoms with E-state index in [2.05, 4.69) is 52.8 Å². The molecule has 0 bridgehead atoms. The number of thiazole rings is 1. The largest absolute Gasteiger partial charge is 0.493 e. The number of ether oxygens (including phenoxy) is 4. The summed E-state index contributed by atoms with van der Waals surface area (Å²) in [6.07, 6.45) is 1.77. The molecule has 0 aliphatic carbocycles. The van der Waals surface area contributed by atoms with Crippen LogP contribution in [0.5, 0.6) is 17.2 Å². The van der Waals surface area contributed by atoms with Crippen LogP contribution >= 0.6 is 59.1 Å². The number of esters is 1. The van der Waals surface area contributed by atoms with Crippen molar-refractivity contribution in [3.8, 4) is 17.2 Å². The van der Waals surface area contributed by atoms with E-state index in [1.54, 1.807) is 32.1 Å². The number of methoxy groups -OCH3 is 2. The molecule has 2 heterocycles. The van der Waals surface area contributed by atoms with Crippen LogP contribution in [0.25, 0.3) is 6.08 Å². The summed E-state index contributed by atoms with van der Waals surface area (Å²) in [7, 11) is 3.07. The van der Waals surface area contributed by atoms with Gasteiger partial charge in [0.2, 0.25) is 0 Å². The molecule has 1 aliphatic rings. The zero-order valence-corrected chi connectivity index (χ0v) is 27.3. The molecule has 0 spiro atoms. The van der Waals surface area contributed by atoms with Gasteiger partial charge >= 0.3 is 5.97 Å². The van der Waals surface area contributed by atoms with E-state index >= 15 is 0 Å². The Balaban J connectivity index is 2.03. The number of hydrogen-bond donors (Lipinski definition) is 0. The fraction of sp³-hybridized carbons (Fsp3) is 0.296. The number of carbonyl (C=O) groups is 1. The normalized spacial score (nSPS) is 15.1. The van der Waals surface area contributed by atoms with Crippen molar-refractivity contribution in [3.63, 3.8) is 0 Å². The van der Waals surface area contributed by atoms with Crippen LogP contribution in [0.1, 0.15) is 37.9 Å². The highest BCUT2D eigenvalue weighted by Crippen LogP contribution is 2.41. The minimum absolute atomic E-state index is 0.178. The summed E-state index contributed by atoms with van der Waals surface area (Å²) in [5, 5.41) is 0. The van der Waals surface area contributed by atoms with E-state index in [9.17, 15) is 9.59 Å². The van der Waals surface area contributed by atoms with Crippen molar-refractivity contribution in [2.75, 3.05) is 27.4 Å². The molecule has 0 radical (unpaired) electrons. The van der Waals surface area contributed by atoms with Gasteiger partial charge in [0.05, 0.1) is 53.8 Å². The molecule has 0 amide bonds. The maximum atomic E-state index is 14.0. The molecule has 0 N–H and O–H groups in total. The lowest BCUT2D eigenvalue weighted by atomic mass is 9.95. The lowest BCUT2D eigenvalue weighted by Crippen LogP contribution is -2.40. The summed E-state index contributed by atoms with van der Waals surface area (Å²) in [6, 6.07) is 6.44. The predicted octanol–water partition coefficient (Wildman–Crippen LogP) is 5.50. The Labute approximate surface area is 254 Å². The molecular formula is C27H25Br3N2O6S. The third kappa shape index (κ3) is 5.75. The van der Waals surface area contributed by atoms with Crippen molar-refractivity contribution < 1.29 is 23.7 Å². The number of halogens is 3. The molecule has 1 atom stereocenters. The van der Waals surface area contributed by atoms with E-state index in [1.807, 2.05) is 19.1 Å². The Morgan fingerprint density at radius 1 is 1.05 bits per heavy atom. The number of hydrogen-bond acceptors (Lipinski definition) is 8. The van der Waals surface area contributed by atoms with Gasteiger partial charge in [0.15, 0.2) is 16.3 Å². The van der Waals surface area contributed by atoms with Gasteiger partial charge in [-0.25, -0.2) is 9.79 Å². The summed E-state index contributed by atoms with van der Waals surface area (Å²) in [5.74, 6) is 1.03. The molecule has 0 fully saturated rings. The highest BCUT2D eigenvalue weighted by molar-refractivity contribution is 9.11. The molecule has 12 heteroatoms. The molecule has 2 aromatic carbocycles. The Morgan fingerprint density at radius 2 is 1.74 bits per heavy atom. The Bertz CT molecular complexity index is 1660. The van der Waals surface area contributed by atoms with Crippen molar-refractivity contribution in [3.05, 3.63) is 79.8 Å². The highest BCUT2D eigenvalue weighted by atomic mass is 79.9. The van der Waals surface area contributed by atoms with Crippen molar-refractivity contribution in [1.29, 1.82) is 0 Å². The van der Waals surface area contributed by atoms with E-state index in [0.29, 0.717) is 54.5 Å². The molecule has 206 valence electrons. The molecule has 4 rings (SSSR count). The predicted molar refractivity (Wildman–Crippen MR) is 161 cm³/mol. The summed E-state index contributed by atoms with van der Waals surface area (Å²) in [4.78, 5) is 32.4. The van der Waals surface area contributed by atoms with Gasteiger partial charge in [-0.2, -0.15) is 0 Å². The maximum absolute atomic E-state index is 14.0. The summed E-state index contributed by atoms with van der Waals surface area (Å²) in [5.41, 5.74) is 1.77. The van der Waals surface area contributed by atoms with Gasteiger partial charge in [-0.3, -0.25) is 9.36 Å². The average molecular weight is 745 g/mol. The number of nitrogens with zero attached hydrogens (tertiary/aromatic N) is 2. The third-order valence-electron chi connectivity index (χ3n) is 5.93. The Kier molecular flexibility index (Phi) is 9.41. The molecule has 0 unspecified atom stereocenters. The number of rotatable bonds is 8. The second-order valence-electron chi connectivity index (χ2n) is 8.27. The van der Waals surface area contributed by atoms with Crippen molar-refractivity contribution >= 4 is 71.2 Å². The summed E-state index contributed by atoms with van der Waals surface area (Å²) < 4.78 is 26.4. The van der Waals surface area contributed by atoms with E-state index < -0.39 is 12.0 Å². The van der Waals surface area contributed by atoms with Crippen LogP contribution in [-0.2, 0) is 9.53 Å². The smallest absolute Gasteiger partial charge is 0.338 e. The zero-order chi connectivity index (χ0) is 28.4. The Hall–Kier alpha value is -2.41. The summed E-state index contributed by atoms with van der Waals surface area (Å²) in [6.45, 7) is 6.00. The van der Waals surface area contributed by atoms with Gasteiger partial charge in [0.25, 0.3) is 5.56 Å². The number of benzene rings is 2. The fourth-order valence-corrected chi connectivity index (χ4v) is 7.24. The maximum Gasteiger partial charge on any atom is 0.338 e. The molecule has 0 saturated carbocycles. The number of carbonyl (C=O) groups excluding carboxylic acids is 1. The molecule has 39 heavy (non-hydrogen) atoms. The van der Waals surface area contributed by atoms with Crippen LogP contribution in [0.3, 0.4) is 0 Å². The van der Waals surface area contributed by atoms with Crippen LogP contribution in [0.4, 0.5) is 0 Å². The lowest BCUT2D eigenvalue weighted by Gasteiger charge is -2.26. The standard InChI is InChI=1S/C27H25Br3N2O6S/c1-6-37-24-14(8-15(28)10-18(24)30)9-21-25(33)32-23(16-11-19(35-4)20(36-5)12-17(16)29)22(26(34)38-7-2)13(3)31-27(32)39-21/h8-12,23H,6-7H2,1-5H3/b21-9-/t23-/m1/s1. The van der Waals surface area contributed by atoms with Gasteiger partial charge in [-0.15, -0.1) is 0 Å². The van der Waals surface area contributed by atoms with Gasteiger partial charge in [0, 0.05) is 14.5 Å². The van der Waals surface area contributed by atoms with Crippen LogP contribution in [-0.4, -0.2) is 38.0 Å².